The highest BCUT2D eigenvalue weighted by Crippen LogP contribution is 2.33. The summed E-state index contributed by atoms with van der Waals surface area (Å²) in [5.74, 6) is 0.499. The van der Waals surface area contributed by atoms with Crippen molar-refractivity contribution in [3.8, 4) is 0 Å². The maximum Gasteiger partial charge on any atom is 0.416 e. The van der Waals surface area contributed by atoms with Crippen LogP contribution in [0.15, 0.2) is 24.3 Å². The molecule has 1 aromatic rings. The minimum atomic E-state index is -4.38. The Bertz CT molecular complexity index is 391. The summed E-state index contributed by atoms with van der Waals surface area (Å²) in [5.41, 5.74) is 5.18. The zero-order valence-electron chi connectivity index (χ0n) is 11.2. The minimum absolute atomic E-state index is 0.0829. The third-order valence-corrected chi connectivity index (χ3v) is 2.80. The first-order chi connectivity index (χ1) is 8.82. The molecule has 2 N–H and O–H groups in total. The fourth-order valence-electron chi connectivity index (χ4n) is 1.70. The fourth-order valence-corrected chi connectivity index (χ4v) is 1.70. The summed E-state index contributed by atoms with van der Waals surface area (Å²) in [6, 6.07) is 4.60. The van der Waals surface area contributed by atoms with Crippen LogP contribution in [0, 0.1) is 5.92 Å². The Balaban J connectivity index is 2.64. The highest BCUT2D eigenvalue weighted by atomic mass is 19.4. The zero-order valence-corrected chi connectivity index (χ0v) is 11.2. The van der Waals surface area contributed by atoms with Crippen molar-refractivity contribution in [3.63, 3.8) is 0 Å². The summed E-state index contributed by atoms with van der Waals surface area (Å²) in [7, 11) is 0. The zero-order chi connectivity index (χ0) is 14.5. The maximum atomic E-state index is 12.8. The average Bonchev–Trinajstić information content (AvgIpc) is 2.33. The molecule has 0 aliphatic heterocycles. The molecular formula is C14H20F3NO. The molecule has 0 saturated carbocycles. The van der Waals surface area contributed by atoms with E-state index >= 15 is 0 Å². The highest BCUT2D eigenvalue weighted by molar-refractivity contribution is 5.32. The van der Waals surface area contributed by atoms with Gasteiger partial charge in [-0.2, -0.15) is 13.2 Å². The quantitative estimate of drug-likeness (QED) is 0.802. The Morgan fingerprint density at radius 1 is 1.21 bits per heavy atom. The van der Waals surface area contributed by atoms with Gasteiger partial charge in [-0.3, -0.25) is 0 Å². The molecule has 1 atom stereocenters. The molecule has 0 fully saturated rings. The van der Waals surface area contributed by atoms with Crippen molar-refractivity contribution >= 4 is 0 Å². The van der Waals surface area contributed by atoms with Crippen LogP contribution >= 0.6 is 0 Å². The lowest BCUT2D eigenvalue weighted by molar-refractivity contribution is -0.138. The number of alkyl halides is 3. The van der Waals surface area contributed by atoms with E-state index in [1.54, 1.807) is 6.07 Å². The van der Waals surface area contributed by atoms with Crippen molar-refractivity contribution in [3.05, 3.63) is 35.4 Å². The van der Waals surface area contributed by atoms with Crippen LogP contribution in [-0.4, -0.2) is 13.2 Å². The Labute approximate surface area is 111 Å². The van der Waals surface area contributed by atoms with Gasteiger partial charge in [-0.1, -0.05) is 32.0 Å². The lowest BCUT2D eigenvalue weighted by Gasteiger charge is -2.18. The molecule has 5 heteroatoms. The third-order valence-electron chi connectivity index (χ3n) is 2.80. The van der Waals surface area contributed by atoms with Gasteiger partial charge in [-0.25, -0.2) is 0 Å². The lowest BCUT2D eigenvalue weighted by Crippen LogP contribution is -2.22. The number of hydrogen-bond acceptors (Lipinski definition) is 2. The van der Waals surface area contributed by atoms with Crippen molar-refractivity contribution in [2.24, 2.45) is 11.7 Å². The molecule has 0 heterocycles. The Kier molecular flexibility index (Phi) is 5.82. The van der Waals surface area contributed by atoms with Crippen LogP contribution in [0.25, 0.3) is 0 Å². The molecule has 0 amide bonds. The van der Waals surface area contributed by atoms with Crippen molar-refractivity contribution < 1.29 is 17.9 Å². The average molecular weight is 275 g/mol. The lowest BCUT2D eigenvalue weighted by atomic mass is 10.0. The van der Waals surface area contributed by atoms with Crippen LogP contribution in [0.1, 0.15) is 37.4 Å². The molecule has 1 rings (SSSR count). The largest absolute Gasteiger partial charge is 0.416 e. The van der Waals surface area contributed by atoms with E-state index < -0.39 is 17.8 Å². The molecule has 2 nitrogen and oxygen atoms in total. The highest BCUT2D eigenvalue weighted by Gasteiger charge is 2.34. The van der Waals surface area contributed by atoms with Crippen LogP contribution in [0.4, 0.5) is 13.2 Å². The summed E-state index contributed by atoms with van der Waals surface area (Å²) in [4.78, 5) is 0. The Morgan fingerprint density at radius 2 is 1.84 bits per heavy atom. The fraction of sp³-hybridized carbons (Fsp3) is 0.571. The summed E-state index contributed by atoms with van der Waals surface area (Å²) in [6.45, 7) is 4.73. The van der Waals surface area contributed by atoms with Gasteiger partial charge in [0.25, 0.3) is 0 Å². The Morgan fingerprint density at radius 3 is 2.42 bits per heavy atom. The number of rotatable bonds is 6. The van der Waals surface area contributed by atoms with E-state index in [1.807, 2.05) is 0 Å². The van der Waals surface area contributed by atoms with Crippen LogP contribution < -0.4 is 5.73 Å². The van der Waals surface area contributed by atoms with Crippen molar-refractivity contribution in [1.82, 2.24) is 0 Å². The standard InChI is InChI=1S/C14H20F3NO/c1-10(2)7-8-19-9-13(18)11-5-3-4-6-12(11)14(15,16)17/h3-6,10,13H,7-9,18H2,1-2H3. The molecule has 0 aliphatic rings. The van der Waals surface area contributed by atoms with Gasteiger partial charge in [-0.05, 0) is 24.0 Å². The summed E-state index contributed by atoms with van der Waals surface area (Å²) in [6.07, 6.45) is -3.51. The number of ether oxygens (including phenoxy) is 1. The molecule has 0 radical (unpaired) electrons. The van der Waals surface area contributed by atoms with Crippen LogP contribution in [0.5, 0.6) is 0 Å². The molecule has 0 spiro atoms. The molecule has 108 valence electrons. The van der Waals surface area contributed by atoms with E-state index in [2.05, 4.69) is 13.8 Å². The normalized spacial score (nSPS) is 13.8. The predicted octanol–water partition coefficient (Wildman–Crippen LogP) is 3.77. The summed E-state index contributed by atoms with van der Waals surface area (Å²) in [5, 5.41) is 0. The van der Waals surface area contributed by atoms with Gasteiger partial charge in [0.2, 0.25) is 0 Å². The molecule has 0 aromatic heterocycles. The maximum absolute atomic E-state index is 12.8. The van der Waals surface area contributed by atoms with Gasteiger partial charge in [0.05, 0.1) is 18.2 Å². The number of benzene rings is 1. The monoisotopic (exact) mass is 275 g/mol. The van der Waals surface area contributed by atoms with Crippen molar-refractivity contribution in [2.45, 2.75) is 32.5 Å². The van der Waals surface area contributed by atoms with E-state index in [9.17, 15) is 13.2 Å². The Hall–Kier alpha value is -1.07. The molecule has 19 heavy (non-hydrogen) atoms. The molecule has 1 aromatic carbocycles. The number of nitrogens with two attached hydrogens (primary N) is 1. The van der Waals surface area contributed by atoms with Gasteiger partial charge in [0.1, 0.15) is 0 Å². The number of hydrogen-bond donors (Lipinski definition) is 1. The van der Waals surface area contributed by atoms with Crippen LogP contribution in [-0.2, 0) is 10.9 Å². The molecule has 0 saturated heterocycles. The van der Waals surface area contributed by atoms with Gasteiger partial charge < -0.3 is 10.5 Å². The first-order valence-electron chi connectivity index (χ1n) is 6.31. The summed E-state index contributed by atoms with van der Waals surface area (Å²) >= 11 is 0. The molecular weight excluding hydrogens is 255 g/mol. The molecule has 0 bridgehead atoms. The smallest absolute Gasteiger partial charge is 0.379 e. The van der Waals surface area contributed by atoms with Crippen LogP contribution in [0.2, 0.25) is 0 Å². The van der Waals surface area contributed by atoms with Gasteiger partial charge >= 0.3 is 6.18 Å². The van der Waals surface area contributed by atoms with Crippen molar-refractivity contribution in [2.75, 3.05) is 13.2 Å². The first kappa shape index (κ1) is 16.0. The van der Waals surface area contributed by atoms with Gasteiger partial charge in [0, 0.05) is 6.61 Å². The summed E-state index contributed by atoms with van der Waals surface area (Å²) < 4.78 is 43.8. The van der Waals surface area contributed by atoms with E-state index in [1.165, 1.54) is 12.1 Å². The van der Waals surface area contributed by atoms with E-state index in [4.69, 9.17) is 10.5 Å². The SMILES string of the molecule is CC(C)CCOCC(N)c1ccccc1C(F)(F)F. The number of halogens is 3. The van der Waals surface area contributed by atoms with E-state index in [0.717, 1.165) is 12.5 Å². The van der Waals surface area contributed by atoms with Gasteiger partial charge in [-0.15, -0.1) is 0 Å². The first-order valence-corrected chi connectivity index (χ1v) is 6.31. The van der Waals surface area contributed by atoms with Crippen molar-refractivity contribution in [1.29, 1.82) is 0 Å². The second kappa shape index (κ2) is 6.91. The minimum Gasteiger partial charge on any atom is -0.379 e. The van der Waals surface area contributed by atoms with E-state index in [0.29, 0.717) is 12.5 Å². The van der Waals surface area contributed by atoms with Gasteiger partial charge in [0.15, 0.2) is 0 Å². The molecule has 1 unspecified atom stereocenters. The topological polar surface area (TPSA) is 35.2 Å². The second-order valence-corrected chi connectivity index (χ2v) is 4.95. The van der Waals surface area contributed by atoms with E-state index in [-0.39, 0.29) is 12.2 Å². The predicted molar refractivity (Wildman–Crippen MR) is 68.6 cm³/mol. The third kappa shape index (κ3) is 5.20. The second-order valence-electron chi connectivity index (χ2n) is 4.95. The van der Waals surface area contributed by atoms with Crippen LogP contribution in [0.3, 0.4) is 0 Å². The molecule has 0 aliphatic carbocycles.